The number of phenols is 2. The summed E-state index contributed by atoms with van der Waals surface area (Å²) in [6.45, 7) is 8.05. The van der Waals surface area contributed by atoms with E-state index in [4.69, 9.17) is 5.73 Å². The number of unbranched alkanes of at least 4 members (excludes halogenated alkanes) is 2. The molecule has 242 valence electrons. The van der Waals surface area contributed by atoms with Crippen LogP contribution in [0.5, 0.6) is 11.5 Å². The molecule has 0 saturated carbocycles. The molecule has 2 saturated heterocycles. The van der Waals surface area contributed by atoms with E-state index in [1.165, 1.54) is 0 Å². The number of benzene rings is 2. The average Bonchev–Trinajstić information content (AvgIpc) is 3.57. The van der Waals surface area contributed by atoms with Crippen LogP contribution in [0.1, 0.15) is 56.1 Å². The van der Waals surface area contributed by atoms with Crippen LogP contribution in [0.25, 0.3) is 11.1 Å². The number of fused-ring (bicyclic) bond motifs is 1. The van der Waals surface area contributed by atoms with Crippen molar-refractivity contribution < 1.29 is 24.6 Å². The Hall–Kier alpha value is -3.96. The number of anilines is 1. The lowest BCUT2D eigenvalue weighted by Gasteiger charge is -2.17. The lowest BCUT2D eigenvalue weighted by Crippen LogP contribution is -2.36. The second-order valence-electron chi connectivity index (χ2n) is 11.7. The van der Waals surface area contributed by atoms with Gasteiger partial charge < -0.3 is 37.2 Å². The summed E-state index contributed by atoms with van der Waals surface area (Å²) in [4.78, 5) is 36.7. The fraction of sp³-hybridized carbons (Fsp3) is 0.441. The van der Waals surface area contributed by atoms with Gasteiger partial charge in [0.05, 0.1) is 23.8 Å². The molecule has 2 fully saturated rings. The highest BCUT2D eigenvalue weighted by molar-refractivity contribution is 8.00. The molecule has 0 aromatic heterocycles. The molecule has 0 aliphatic carbocycles. The van der Waals surface area contributed by atoms with Crippen LogP contribution in [0.4, 0.5) is 10.5 Å². The molecule has 4 atom stereocenters. The third kappa shape index (κ3) is 9.27. The number of nitrogens with one attached hydrogen (secondary N) is 4. The highest BCUT2D eigenvalue weighted by Gasteiger charge is 2.42. The zero-order valence-corrected chi connectivity index (χ0v) is 26.5. The SMILES string of the molecule is C=CCc1cc(NC(=O)[C@@H](N)CCCCNC(=O)CCCC[C@@H]2SC[C@@H]3NC(=O)N[C@@H]32)c(O)c(-c2ccc(O)c(CC=C)c2)c1. The van der Waals surface area contributed by atoms with Gasteiger partial charge in [0, 0.05) is 29.5 Å². The summed E-state index contributed by atoms with van der Waals surface area (Å²) in [5, 5.41) is 33.3. The summed E-state index contributed by atoms with van der Waals surface area (Å²) >= 11 is 1.88. The maximum atomic E-state index is 12.9. The van der Waals surface area contributed by atoms with E-state index in [1.807, 2.05) is 17.8 Å². The quantitative estimate of drug-likeness (QED) is 0.0582. The molecule has 2 heterocycles. The van der Waals surface area contributed by atoms with Crippen molar-refractivity contribution in [3.8, 4) is 22.6 Å². The third-order valence-corrected chi connectivity index (χ3v) is 9.75. The summed E-state index contributed by atoms with van der Waals surface area (Å²) in [5.41, 5.74) is 9.17. The normalized spacial score (nSPS) is 19.2. The van der Waals surface area contributed by atoms with Gasteiger partial charge in [-0.1, -0.05) is 24.6 Å². The Bertz CT molecular complexity index is 1400. The van der Waals surface area contributed by atoms with E-state index in [0.717, 1.165) is 30.6 Å². The minimum Gasteiger partial charge on any atom is -0.508 e. The molecule has 2 aliphatic rings. The van der Waals surface area contributed by atoms with Crippen LogP contribution in [0.2, 0.25) is 0 Å². The van der Waals surface area contributed by atoms with Gasteiger partial charge in [-0.25, -0.2) is 4.79 Å². The number of carbonyl (C=O) groups is 3. The predicted octanol–water partition coefficient (Wildman–Crippen LogP) is 4.50. The standard InChI is InChI=1S/C34H45N5O5S/c1-3-9-21-17-24(22-14-15-28(40)23(19-22)10-4-2)32(42)26(18-21)37-33(43)25(35)11-7-8-16-36-30(41)13-6-5-12-29-31-27(20-45-29)38-34(44)39-31/h3-4,14-15,17-19,25,27,29,31,40,42H,1-2,5-13,16,20,35H2,(H,36,41)(H,37,43)(H2,38,39,44)/t25-,27-,29-,31-/m0/s1. The lowest BCUT2D eigenvalue weighted by atomic mass is 9.96. The molecule has 0 unspecified atom stereocenters. The van der Waals surface area contributed by atoms with Crippen LogP contribution in [0.15, 0.2) is 55.6 Å². The number of nitrogens with two attached hydrogens (primary N) is 1. The zero-order valence-electron chi connectivity index (χ0n) is 25.6. The van der Waals surface area contributed by atoms with Gasteiger partial charge in [0.2, 0.25) is 11.8 Å². The summed E-state index contributed by atoms with van der Waals surface area (Å²) in [6, 6.07) is 8.17. The average molecular weight is 636 g/mol. The number of amides is 4. The van der Waals surface area contributed by atoms with E-state index >= 15 is 0 Å². The monoisotopic (exact) mass is 635 g/mol. The van der Waals surface area contributed by atoms with Crippen LogP contribution in [0.3, 0.4) is 0 Å². The van der Waals surface area contributed by atoms with Gasteiger partial charge in [-0.05, 0) is 85.9 Å². The highest BCUT2D eigenvalue weighted by atomic mass is 32.2. The molecule has 2 aromatic carbocycles. The fourth-order valence-corrected chi connectivity index (χ4v) is 7.35. The minimum absolute atomic E-state index is 0.0146. The number of phenolic OH excluding ortho intramolecular Hbond substituents is 2. The number of hydrogen-bond donors (Lipinski definition) is 7. The molecule has 11 heteroatoms. The largest absolute Gasteiger partial charge is 0.508 e. The fourth-order valence-electron chi connectivity index (χ4n) is 5.80. The van der Waals surface area contributed by atoms with E-state index in [2.05, 4.69) is 34.4 Å². The van der Waals surface area contributed by atoms with Crippen LogP contribution in [-0.2, 0) is 22.4 Å². The predicted molar refractivity (Wildman–Crippen MR) is 180 cm³/mol. The first kappa shape index (κ1) is 33.9. The van der Waals surface area contributed by atoms with Crippen molar-refractivity contribution in [3.63, 3.8) is 0 Å². The molecular weight excluding hydrogens is 590 g/mol. The Labute approximate surface area is 269 Å². The highest BCUT2D eigenvalue weighted by Crippen LogP contribution is 2.39. The lowest BCUT2D eigenvalue weighted by molar-refractivity contribution is -0.121. The first-order chi connectivity index (χ1) is 21.7. The summed E-state index contributed by atoms with van der Waals surface area (Å²) in [6.07, 6.45) is 9.40. The topological polar surface area (TPSA) is 166 Å². The third-order valence-electron chi connectivity index (χ3n) is 8.24. The van der Waals surface area contributed by atoms with Gasteiger partial charge >= 0.3 is 6.03 Å². The maximum absolute atomic E-state index is 12.9. The molecular formula is C34H45N5O5S. The Morgan fingerprint density at radius 1 is 1.07 bits per heavy atom. The zero-order chi connectivity index (χ0) is 32.3. The van der Waals surface area contributed by atoms with Gasteiger partial charge in [-0.2, -0.15) is 11.8 Å². The number of rotatable bonds is 17. The van der Waals surface area contributed by atoms with Gasteiger partial charge in [0.1, 0.15) is 11.5 Å². The van der Waals surface area contributed by atoms with Crippen molar-refractivity contribution in [2.45, 2.75) is 81.2 Å². The van der Waals surface area contributed by atoms with E-state index in [1.54, 1.807) is 36.4 Å². The van der Waals surface area contributed by atoms with Crippen molar-refractivity contribution in [3.05, 3.63) is 66.8 Å². The number of allylic oxidation sites excluding steroid dienone is 2. The van der Waals surface area contributed by atoms with E-state index < -0.39 is 11.9 Å². The first-order valence-electron chi connectivity index (χ1n) is 15.6. The molecule has 45 heavy (non-hydrogen) atoms. The Balaban J connectivity index is 1.19. The number of aromatic hydroxyl groups is 2. The molecule has 0 spiro atoms. The van der Waals surface area contributed by atoms with Crippen LogP contribution in [0, 0.1) is 0 Å². The van der Waals surface area contributed by atoms with Gasteiger partial charge in [-0.15, -0.1) is 13.2 Å². The van der Waals surface area contributed by atoms with Crippen molar-refractivity contribution >= 4 is 35.3 Å². The molecule has 0 bridgehead atoms. The van der Waals surface area contributed by atoms with Crippen LogP contribution in [-0.4, -0.2) is 63.7 Å². The second-order valence-corrected chi connectivity index (χ2v) is 12.9. The van der Waals surface area contributed by atoms with E-state index in [-0.39, 0.29) is 41.2 Å². The Kier molecular flexibility index (Phi) is 12.3. The van der Waals surface area contributed by atoms with Crippen molar-refractivity contribution in [1.29, 1.82) is 0 Å². The van der Waals surface area contributed by atoms with Crippen molar-refractivity contribution in [2.75, 3.05) is 17.6 Å². The van der Waals surface area contributed by atoms with Crippen molar-refractivity contribution in [2.24, 2.45) is 5.73 Å². The summed E-state index contributed by atoms with van der Waals surface area (Å²) in [5.74, 6) is 0.598. The van der Waals surface area contributed by atoms with E-state index in [9.17, 15) is 24.6 Å². The minimum atomic E-state index is -0.785. The molecule has 4 amide bonds. The number of thioether (sulfide) groups is 1. The Morgan fingerprint density at radius 2 is 1.87 bits per heavy atom. The summed E-state index contributed by atoms with van der Waals surface area (Å²) in [7, 11) is 0. The Morgan fingerprint density at radius 3 is 2.64 bits per heavy atom. The molecule has 0 radical (unpaired) electrons. The first-order valence-corrected chi connectivity index (χ1v) is 16.7. The number of urea groups is 1. The van der Waals surface area contributed by atoms with E-state index in [0.29, 0.717) is 67.0 Å². The number of carbonyl (C=O) groups excluding carboxylic acids is 3. The number of hydrogen-bond acceptors (Lipinski definition) is 7. The molecule has 8 N–H and O–H groups in total. The molecule has 2 aromatic rings. The van der Waals surface area contributed by atoms with Gasteiger partial charge in [-0.3, -0.25) is 9.59 Å². The molecule has 2 aliphatic heterocycles. The van der Waals surface area contributed by atoms with Gasteiger partial charge in [0.25, 0.3) is 0 Å². The smallest absolute Gasteiger partial charge is 0.315 e. The molecule has 4 rings (SSSR count). The molecule has 10 nitrogen and oxygen atoms in total. The van der Waals surface area contributed by atoms with Crippen LogP contribution >= 0.6 is 11.8 Å². The summed E-state index contributed by atoms with van der Waals surface area (Å²) < 4.78 is 0. The maximum Gasteiger partial charge on any atom is 0.315 e. The van der Waals surface area contributed by atoms with Crippen molar-refractivity contribution in [1.82, 2.24) is 16.0 Å². The van der Waals surface area contributed by atoms with Gasteiger partial charge in [0.15, 0.2) is 0 Å². The second kappa shape index (κ2) is 16.4. The van der Waals surface area contributed by atoms with Crippen LogP contribution < -0.4 is 27.0 Å².